The Bertz CT molecular complexity index is 1050. The Morgan fingerprint density at radius 1 is 1.37 bits per heavy atom. The second kappa shape index (κ2) is 7.76. The number of nitrogens with zero attached hydrogens (tertiary/aromatic N) is 4. The lowest BCUT2D eigenvalue weighted by Gasteiger charge is -2.45. The van der Waals surface area contributed by atoms with E-state index in [2.05, 4.69) is 11.1 Å². The van der Waals surface area contributed by atoms with Gasteiger partial charge in [0.15, 0.2) is 17.8 Å². The zero-order valence-electron chi connectivity index (χ0n) is 16.9. The molecule has 3 unspecified atom stereocenters. The standard InChI is InChI=1S/C22H23N5O3/c1-27(2)21(24)26-22(13-28)17-8-15(16-7-14(9-23)10-25-11-16)3-4-19(17)30-20-5-6-29-12-18(20)22/h3-4,7-8,10-11,13,18,20H,5-6,12H2,1-2H3,(H2,24,26). The Morgan fingerprint density at radius 3 is 2.93 bits per heavy atom. The van der Waals surface area contributed by atoms with E-state index < -0.39 is 5.54 Å². The van der Waals surface area contributed by atoms with E-state index in [9.17, 15) is 10.1 Å². The first kappa shape index (κ1) is 19.9. The Kier molecular flexibility index (Phi) is 5.14. The van der Waals surface area contributed by atoms with Crippen molar-refractivity contribution in [2.45, 2.75) is 18.1 Å². The van der Waals surface area contributed by atoms with E-state index in [0.717, 1.165) is 17.4 Å². The normalized spacial score (nSPS) is 25.3. The number of carbonyl (C=O) groups is 1. The molecule has 3 atom stereocenters. The summed E-state index contributed by atoms with van der Waals surface area (Å²) in [5, 5.41) is 9.20. The molecule has 2 aliphatic heterocycles. The minimum Gasteiger partial charge on any atom is -0.489 e. The Labute approximate surface area is 174 Å². The van der Waals surface area contributed by atoms with Crippen molar-refractivity contribution >= 4 is 12.2 Å². The van der Waals surface area contributed by atoms with Crippen molar-refractivity contribution in [3.05, 3.63) is 47.8 Å². The molecule has 3 heterocycles. The summed E-state index contributed by atoms with van der Waals surface area (Å²) in [4.78, 5) is 23.2. The highest BCUT2D eigenvalue weighted by Gasteiger charge is 2.52. The lowest BCUT2D eigenvalue weighted by molar-refractivity contribution is -0.124. The van der Waals surface area contributed by atoms with Crippen molar-refractivity contribution in [3.63, 3.8) is 0 Å². The SMILES string of the molecule is CN(C)C(N)=NC1(C=O)c2cc(-c3cncc(C#N)c3)ccc2OC2CCOCC21. The van der Waals surface area contributed by atoms with Crippen LogP contribution in [-0.2, 0) is 15.1 Å². The summed E-state index contributed by atoms with van der Waals surface area (Å²) in [6, 6.07) is 9.46. The van der Waals surface area contributed by atoms with Gasteiger partial charge in [-0.3, -0.25) is 4.98 Å². The predicted octanol–water partition coefficient (Wildman–Crippen LogP) is 1.69. The van der Waals surface area contributed by atoms with E-state index in [4.69, 9.17) is 20.2 Å². The average molecular weight is 405 g/mol. The van der Waals surface area contributed by atoms with Gasteiger partial charge in [0.25, 0.3) is 0 Å². The maximum atomic E-state index is 12.7. The first-order valence-electron chi connectivity index (χ1n) is 9.72. The molecular formula is C22H23N5O3. The van der Waals surface area contributed by atoms with Crippen molar-refractivity contribution in [3.8, 4) is 22.9 Å². The third-order valence-corrected chi connectivity index (χ3v) is 5.69. The molecule has 0 radical (unpaired) electrons. The van der Waals surface area contributed by atoms with Crippen molar-refractivity contribution in [2.24, 2.45) is 16.6 Å². The maximum absolute atomic E-state index is 12.7. The van der Waals surface area contributed by atoms with Crippen LogP contribution in [0.1, 0.15) is 17.5 Å². The fourth-order valence-electron chi connectivity index (χ4n) is 4.03. The summed E-state index contributed by atoms with van der Waals surface area (Å²) in [7, 11) is 3.56. The van der Waals surface area contributed by atoms with Gasteiger partial charge in [-0.15, -0.1) is 0 Å². The molecule has 0 bridgehead atoms. The van der Waals surface area contributed by atoms with Crippen LogP contribution in [0.25, 0.3) is 11.1 Å². The van der Waals surface area contributed by atoms with E-state index in [-0.39, 0.29) is 18.0 Å². The molecule has 0 spiro atoms. The molecule has 154 valence electrons. The van der Waals surface area contributed by atoms with Crippen LogP contribution < -0.4 is 10.5 Å². The summed E-state index contributed by atoms with van der Waals surface area (Å²) in [6.07, 6.45) is 4.52. The minimum atomic E-state index is -1.23. The number of aromatic nitrogens is 1. The lowest BCUT2D eigenvalue weighted by Crippen LogP contribution is -2.54. The topological polar surface area (TPSA) is 114 Å². The monoisotopic (exact) mass is 405 g/mol. The highest BCUT2D eigenvalue weighted by atomic mass is 16.5. The summed E-state index contributed by atoms with van der Waals surface area (Å²) in [5.41, 5.74) is 7.60. The quantitative estimate of drug-likeness (QED) is 0.469. The zero-order valence-corrected chi connectivity index (χ0v) is 16.9. The number of guanidine groups is 1. The van der Waals surface area contributed by atoms with Crippen LogP contribution in [0.2, 0.25) is 0 Å². The van der Waals surface area contributed by atoms with Crippen molar-refractivity contribution in [2.75, 3.05) is 27.3 Å². The van der Waals surface area contributed by atoms with Crippen molar-refractivity contribution < 1.29 is 14.3 Å². The first-order chi connectivity index (χ1) is 14.5. The molecule has 4 rings (SSSR count). The fourth-order valence-corrected chi connectivity index (χ4v) is 4.03. The van der Waals surface area contributed by atoms with Gasteiger partial charge in [-0.1, -0.05) is 6.07 Å². The Morgan fingerprint density at radius 2 is 2.20 bits per heavy atom. The zero-order chi connectivity index (χ0) is 21.3. The number of benzene rings is 1. The van der Waals surface area contributed by atoms with Gasteiger partial charge in [-0.2, -0.15) is 5.26 Å². The molecule has 0 aliphatic carbocycles. The second-order valence-electron chi connectivity index (χ2n) is 7.72. The third kappa shape index (κ3) is 3.27. The Hall–Kier alpha value is -3.44. The molecule has 2 N–H and O–H groups in total. The van der Waals surface area contributed by atoms with E-state index in [1.165, 1.54) is 6.20 Å². The van der Waals surface area contributed by atoms with E-state index >= 15 is 0 Å². The molecule has 1 fully saturated rings. The predicted molar refractivity (Wildman–Crippen MR) is 111 cm³/mol. The van der Waals surface area contributed by atoms with Crippen LogP contribution in [-0.4, -0.2) is 55.5 Å². The van der Waals surface area contributed by atoms with Gasteiger partial charge in [-0.25, -0.2) is 4.99 Å². The molecule has 0 amide bonds. The van der Waals surface area contributed by atoms with Gasteiger partial charge in [-0.05, 0) is 23.8 Å². The molecule has 8 nitrogen and oxygen atoms in total. The number of ether oxygens (including phenoxy) is 2. The van der Waals surface area contributed by atoms with Gasteiger partial charge in [0.1, 0.15) is 17.9 Å². The molecule has 1 aromatic heterocycles. The van der Waals surface area contributed by atoms with Gasteiger partial charge in [0, 0.05) is 44.0 Å². The number of pyridine rings is 1. The number of nitriles is 1. The van der Waals surface area contributed by atoms with Gasteiger partial charge >= 0.3 is 0 Å². The molecule has 30 heavy (non-hydrogen) atoms. The smallest absolute Gasteiger partial charge is 0.192 e. The van der Waals surface area contributed by atoms with Crippen molar-refractivity contribution in [1.29, 1.82) is 5.26 Å². The van der Waals surface area contributed by atoms with Gasteiger partial charge in [0.05, 0.1) is 24.7 Å². The fraction of sp³-hybridized carbons (Fsp3) is 0.364. The van der Waals surface area contributed by atoms with Crippen LogP contribution in [0.15, 0.2) is 41.7 Å². The largest absolute Gasteiger partial charge is 0.489 e. The number of aliphatic imine (C=N–C) groups is 1. The highest BCUT2D eigenvalue weighted by molar-refractivity contribution is 5.84. The number of nitrogens with two attached hydrogens (primary N) is 1. The van der Waals surface area contributed by atoms with Crippen molar-refractivity contribution in [1.82, 2.24) is 9.88 Å². The summed E-state index contributed by atoms with van der Waals surface area (Å²) in [6.45, 7) is 0.922. The lowest BCUT2D eigenvalue weighted by atomic mass is 9.72. The molecular weight excluding hydrogens is 382 g/mol. The summed E-state index contributed by atoms with van der Waals surface area (Å²) >= 11 is 0. The Balaban J connectivity index is 1.92. The highest BCUT2D eigenvalue weighted by Crippen LogP contribution is 2.48. The molecule has 8 heteroatoms. The minimum absolute atomic E-state index is 0.190. The van der Waals surface area contributed by atoms with E-state index in [1.807, 2.05) is 18.2 Å². The summed E-state index contributed by atoms with van der Waals surface area (Å²) < 4.78 is 11.9. The number of rotatable bonds is 3. The van der Waals surface area contributed by atoms with Crippen LogP contribution in [0.5, 0.6) is 5.75 Å². The van der Waals surface area contributed by atoms with Crippen LogP contribution in [0, 0.1) is 17.2 Å². The molecule has 2 aromatic rings. The van der Waals surface area contributed by atoms with Gasteiger partial charge in [0.2, 0.25) is 0 Å². The molecule has 1 saturated heterocycles. The first-order valence-corrected chi connectivity index (χ1v) is 9.72. The number of fused-ring (bicyclic) bond motifs is 2. The van der Waals surface area contributed by atoms with E-state index in [0.29, 0.717) is 36.5 Å². The number of carbonyl (C=O) groups excluding carboxylic acids is 1. The molecule has 2 aliphatic rings. The third-order valence-electron chi connectivity index (χ3n) is 5.69. The van der Waals surface area contributed by atoms with Crippen LogP contribution in [0.3, 0.4) is 0 Å². The van der Waals surface area contributed by atoms with E-state index in [1.54, 1.807) is 31.3 Å². The molecule has 0 saturated carbocycles. The number of hydrogen-bond donors (Lipinski definition) is 1. The number of hydrogen-bond acceptors (Lipinski definition) is 6. The van der Waals surface area contributed by atoms with Gasteiger partial charge < -0.3 is 24.9 Å². The molecule has 1 aromatic carbocycles. The summed E-state index contributed by atoms with van der Waals surface area (Å²) in [5.74, 6) is 0.556. The average Bonchev–Trinajstić information content (AvgIpc) is 2.78. The second-order valence-corrected chi connectivity index (χ2v) is 7.72. The van der Waals surface area contributed by atoms with Crippen LogP contribution >= 0.6 is 0 Å². The number of aldehydes is 1. The maximum Gasteiger partial charge on any atom is 0.192 e. The van der Waals surface area contributed by atoms with Crippen LogP contribution in [0.4, 0.5) is 0 Å².